The number of carbonyl (C=O) groups excluding carboxylic acids is 1. The van der Waals surface area contributed by atoms with E-state index in [1.807, 2.05) is 4.90 Å². The summed E-state index contributed by atoms with van der Waals surface area (Å²) in [6.07, 6.45) is 6.90. The number of alkyl halides is 2. The van der Waals surface area contributed by atoms with Gasteiger partial charge in [-0.25, -0.2) is 0 Å². The molecule has 3 rings (SSSR count). The van der Waals surface area contributed by atoms with Gasteiger partial charge in [0.15, 0.2) is 5.82 Å². The molecule has 1 aromatic heterocycles. The lowest BCUT2D eigenvalue weighted by atomic mass is 9.84. The summed E-state index contributed by atoms with van der Waals surface area (Å²) in [7, 11) is 0. The van der Waals surface area contributed by atoms with E-state index in [1.165, 1.54) is 19.1 Å². The smallest absolute Gasteiger partial charge is 0.300 e. The van der Waals surface area contributed by atoms with Crippen LogP contribution in [0.4, 0.5) is 8.78 Å². The molecule has 0 radical (unpaired) electrons. The number of piperidine rings is 1. The summed E-state index contributed by atoms with van der Waals surface area (Å²) >= 11 is 0. The van der Waals surface area contributed by atoms with Crippen LogP contribution in [0.1, 0.15) is 76.1 Å². The molecule has 32 heavy (non-hydrogen) atoms. The molecule has 9 heteroatoms. The van der Waals surface area contributed by atoms with E-state index in [1.54, 1.807) is 18.2 Å². The van der Waals surface area contributed by atoms with E-state index in [0.717, 1.165) is 44.9 Å². The van der Waals surface area contributed by atoms with Crippen molar-refractivity contribution in [2.75, 3.05) is 6.54 Å². The molecule has 7 nitrogen and oxygen atoms in total. The monoisotopic (exact) mass is 449 g/mol. The van der Waals surface area contributed by atoms with Crippen LogP contribution in [0.2, 0.25) is 0 Å². The van der Waals surface area contributed by atoms with E-state index in [4.69, 9.17) is 0 Å². The van der Waals surface area contributed by atoms with Crippen molar-refractivity contribution in [1.29, 1.82) is 0 Å². The zero-order valence-electron chi connectivity index (χ0n) is 18.6. The summed E-state index contributed by atoms with van der Waals surface area (Å²) in [5, 5.41) is 24.5. The van der Waals surface area contributed by atoms with Crippen molar-refractivity contribution < 1.29 is 18.7 Å². The molecule has 0 spiro atoms. The average Bonchev–Trinajstić information content (AvgIpc) is 3.30. The zero-order chi connectivity index (χ0) is 23.0. The van der Waals surface area contributed by atoms with Crippen molar-refractivity contribution in [2.45, 2.75) is 88.7 Å². The van der Waals surface area contributed by atoms with Gasteiger partial charge in [0.1, 0.15) is 5.60 Å². The van der Waals surface area contributed by atoms with Gasteiger partial charge in [0.25, 0.3) is 0 Å². The Balaban J connectivity index is 1.48. The second kappa shape index (κ2) is 10.9. The molecule has 1 fully saturated rings. The summed E-state index contributed by atoms with van der Waals surface area (Å²) in [5.41, 5.74) is -2.38. The molecule has 1 saturated heterocycles. The van der Waals surface area contributed by atoms with Gasteiger partial charge in [-0.05, 0) is 45.4 Å². The second-order valence-electron chi connectivity index (χ2n) is 8.88. The topological polar surface area (TPSA) is 95.0 Å². The number of amides is 1. The number of rotatable bonds is 12. The highest BCUT2D eigenvalue weighted by Crippen LogP contribution is 2.42. The highest BCUT2D eigenvalue weighted by Gasteiger charge is 2.50. The Kier molecular flexibility index (Phi) is 8.28. The quantitative estimate of drug-likeness (QED) is 0.478. The molecule has 1 aromatic carbocycles. The van der Waals surface area contributed by atoms with Gasteiger partial charge in [-0.3, -0.25) is 4.79 Å². The van der Waals surface area contributed by atoms with Crippen molar-refractivity contribution in [3.05, 3.63) is 41.7 Å². The lowest BCUT2D eigenvalue weighted by Crippen LogP contribution is -2.47. The Labute approximate surface area is 187 Å². The van der Waals surface area contributed by atoms with Gasteiger partial charge in [0.2, 0.25) is 5.91 Å². The molecule has 2 N–H and O–H groups in total. The number of unbranched alkanes of at least 4 members (excludes halogenated alkanes) is 3. The first-order valence-corrected chi connectivity index (χ1v) is 11.5. The van der Waals surface area contributed by atoms with Gasteiger partial charge >= 0.3 is 5.92 Å². The number of halogens is 2. The predicted octanol–water partition coefficient (Wildman–Crippen LogP) is 4.01. The zero-order valence-corrected chi connectivity index (χ0v) is 18.6. The van der Waals surface area contributed by atoms with Crippen LogP contribution in [-0.4, -0.2) is 54.7 Å². The number of aromatic nitrogens is 4. The third kappa shape index (κ3) is 6.09. The van der Waals surface area contributed by atoms with Crippen LogP contribution in [0.15, 0.2) is 30.3 Å². The molecule has 1 amide bonds. The predicted molar refractivity (Wildman–Crippen MR) is 116 cm³/mol. The fourth-order valence-corrected chi connectivity index (χ4v) is 4.37. The minimum absolute atomic E-state index is 0.0754. The van der Waals surface area contributed by atoms with Crippen molar-refractivity contribution in [2.24, 2.45) is 0 Å². The van der Waals surface area contributed by atoms with Crippen molar-refractivity contribution in [3.8, 4) is 0 Å². The van der Waals surface area contributed by atoms with E-state index in [-0.39, 0.29) is 23.9 Å². The fraction of sp³-hybridized carbons (Fsp3) is 0.652. The lowest BCUT2D eigenvalue weighted by molar-refractivity contribution is -0.184. The van der Waals surface area contributed by atoms with E-state index in [9.17, 15) is 18.7 Å². The van der Waals surface area contributed by atoms with E-state index in [2.05, 4.69) is 20.6 Å². The summed E-state index contributed by atoms with van der Waals surface area (Å²) in [4.78, 5) is 14.4. The molecular weight excluding hydrogens is 416 g/mol. The highest BCUT2D eigenvalue weighted by atomic mass is 19.3. The number of aliphatic hydroxyl groups is 1. The summed E-state index contributed by atoms with van der Waals surface area (Å²) in [5.74, 6) is -2.57. The number of benzene rings is 1. The van der Waals surface area contributed by atoms with Crippen LogP contribution in [0, 0.1) is 0 Å². The number of carbonyl (C=O) groups is 1. The molecule has 2 aromatic rings. The van der Waals surface area contributed by atoms with Crippen LogP contribution in [-0.2, 0) is 17.1 Å². The lowest BCUT2D eigenvalue weighted by Gasteiger charge is -2.39. The Morgan fingerprint density at radius 3 is 2.66 bits per heavy atom. The number of hydrogen-bond donors (Lipinski definition) is 2. The SMILES string of the molecule is C[C@@](O)(CC[C@H]1CCCC(=O)N1CCCCCCc1nn[nH]n1)C(F)(F)c1ccccc1. The van der Waals surface area contributed by atoms with Crippen molar-refractivity contribution in [3.63, 3.8) is 0 Å². The summed E-state index contributed by atoms with van der Waals surface area (Å²) in [6.45, 7) is 1.82. The maximum atomic E-state index is 14.9. The second-order valence-corrected chi connectivity index (χ2v) is 8.88. The Hall–Kier alpha value is -2.42. The first-order valence-electron chi connectivity index (χ1n) is 11.5. The first kappa shape index (κ1) is 24.2. The fourth-order valence-electron chi connectivity index (χ4n) is 4.37. The molecule has 0 saturated carbocycles. The van der Waals surface area contributed by atoms with Crippen LogP contribution in [0.25, 0.3) is 0 Å². The Morgan fingerprint density at radius 1 is 1.19 bits per heavy atom. The van der Waals surface area contributed by atoms with Crippen molar-refractivity contribution in [1.82, 2.24) is 25.5 Å². The maximum Gasteiger partial charge on any atom is 0.300 e. The standard InChI is InChI=1S/C23H33F2N5O2/c1-22(32,23(24,25)18-10-5-4-6-11-18)16-15-19-12-9-14-21(31)30(19)17-8-3-2-7-13-20-26-28-29-27-20/h4-6,10-11,19,32H,2-3,7-9,12-17H2,1H3,(H,26,27,28,29)/t19-,22-/m1/s1. The number of hydrogen-bond acceptors (Lipinski definition) is 5. The third-order valence-corrected chi connectivity index (χ3v) is 6.40. The van der Waals surface area contributed by atoms with Crippen LogP contribution in [0.5, 0.6) is 0 Å². The number of nitrogens with one attached hydrogen (secondary N) is 1. The normalized spacial score (nSPS) is 19.2. The summed E-state index contributed by atoms with van der Waals surface area (Å²) in [6, 6.07) is 7.33. The van der Waals surface area contributed by atoms with Gasteiger partial charge in [0, 0.05) is 31.0 Å². The molecule has 2 atom stereocenters. The summed E-state index contributed by atoms with van der Waals surface area (Å²) < 4.78 is 29.9. The number of H-pyrrole nitrogens is 1. The number of tetrazole rings is 1. The van der Waals surface area contributed by atoms with Gasteiger partial charge in [0.05, 0.1) is 0 Å². The number of nitrogens with zero attached hydrogens (tertiary/aromatic N) is 4. The average molecular weight is 450 g/mol. The molecule has 0 unspecified atom stereocenters. The molecule has 2 heterocycles. The molecule has 1 aliphatic rings. The van der Waals surface area contributed by atoms with Crippen LogP contribution < -0.4 is 0 Å². The van der Waals surface area contributed by atoms with Gasteiger partial charge in [-0.1, -0.05) is 48.4 Å². The minimum Gasteiger partial charge on any atom is -0.384 e. The van der Waals surface area contributed by atoms with Gasteiger partial charge in [-0.2, -0.15) is 14.0 Å². The first-order chi connectivity index (χ1) is 15.3. The van der Waals surface area contributed by atoms with Gasteiger partial charge < -0.3 is 10.0 Å². The largest absolute Gasteiger partial charge is 0.384 e. The Bertz CT molecular complexity index is 830. The molecular formula is C23H33F2N5O2. The van der Waals surface area contributed by atoms with E-state index in [0.29, 0.717) is 25.2 Å². The number of aryl methyl sites for hydroxylation is 1. The molecule has 176 valence electrons. The van der Waals surface area contributed by atoms with Crippen LogP contribution >= 0.6 is 0 Å². The molecule has 0 bridgehead atoms. The molecule has 0 aliphatic carbocycles. The molecule has 1 aliphatic heterocycles. The number of likely N-dealkylation sites (tertiary alicyclic amines) is 1. The van der Waals surface area contributed by atoms with E-state index >= 15 is 0 Å². The van der Waals surface area contributed by atoms with E-state index < -0.39 is 11.5 Å². The van der Waals surface area contributed by atoms with Crippen LogP contribution in [0.3, 0.4) is 0 Å². The highest BCUT2D eigenvalue weighted by molar-refractivity contribution is 5.77. The third-order valence-electron chi connectivity index (χ3n) is 6.40. The van der Waals surface area contributed by atoms with Gasteiger partial charge in [-0.15, -0.1) is 10.2 Å². The minimum atomic E-state index is -3.36. The Morgan fingerprint density at radius 2 is 1.94 bits per heavy atom. The van der Waals surface area contributed by atoms with Crippen molar-refractivity contribution >= 4 is 5.91 Å². The maximum absolute atomic E-state index is 14.9. The number of aromatic amines is 1.